The Balaban J connectivity index is 1.53. The van der Waals surface area contributed by atoms with Crippen molar-refractivity contribution in [3.8, 4) is 0 Å². The Bertz CT molecular complexity index is 921. The van der Waals surface area contributed by atoms with Gasteiger partial charge in [-0.3, -0.25) is 9.59 Å². The molecule has 1 amide bonds. The number of unbranched alkanes of at least 4 members (excludes halogenated alkanes) is 11. The molecule has 38 heavy (non-hydrogen) atoms. The van der Waals surface area contributed by atoms with Gasteiger partial charge in [-0.2, -0.15) is 0 Å². The predicted octanol–water partition coefficient (Wildman–Crippen LogP) is 7.97. The van der Waals surface area contributed by atoms with Gasteiger partial charge in [0.25, 0.3) is 0 Å². The summed E-state index contributed by atoms with van der Waals surface area (Å²) in [6.07, 6.45) is 21.8. The molecule has 0 radical (unpaired) electrons. The van der Waals surface area contributed by atoms with E-state index < -0.39 is 0 Å². The van der Waals surface area contributed by atoms with Gasteiger partial charge in [0, 0.05) is 17.5 Å². The number of allylic oxidation sites excluding steroid dienone is 2. The van der Waals surface area contributed by atoms with E-state index in [9.17, 15) is 14.7 Å². The maximum atomic E-state index is 12.6. The Morgan fingerprint density at radius 3 is 1.89 bits per heavy atom. The second-order valence-electron chi connectivity index (χ2n) is 10.4. The van der Waals surface area contributed by atoms with Gasteiger partial charge in [-0.25, -0.2) is 0 Å². The molecule has 2 aromatic rings. The van der Waals surface area contributed by atoms with Crippen molar-refractivity contribution in [2.45, 2.75) is 109 Å². The van der Waals surface area contributed by atoms with E-state index in [-0.39, 0.29) is 24.3 Å². The molecule has 0 spiro atoms. The third kappa shape index (κ3) is 13.7. The molecule has 0 saturated carbocycles. The van der Waals surface area contributed by atoms with E-state index in [1.54, 1.807) is 0 Å². The average Bonchev–Trinajstić information content (AvgIpc) is 2.95. The van der Waals surface area contributed by atoms with Gasteiger partial charge in [-0.05, 0) is 44.1 Å². The molecule has 4 nitrogen and oxygen atoms in total. The molecule has 4 heteroatoms. The summed E-state index contributed by atoms with van der Waals surface area (Å²) in [5, 5.41) is 12.7. The first-order valence-corrected chi connectivity index (χ1v) is 14.9. The first-order valence-electron chi connectivity index (χ1n) is 14.9. The Kier molecular flexibility index (Phi) is 16.8. The highest BCUT2D eigenvalue weighted by atomic mass is 16.3. The normalized spacial score (nSPS) is 12.1. The summed E-state index contributed by atoms with van der Waals surface area (Å²) < 4.78 is 0. The molecule has 2 aromatic carbocycles. The van der Waals surface area contributed by atoms with E-state index in [1.807, 2.05) is 54.6 Å². The third-order valence-corrected chi connectivity index (χ3v) is 6.99. The molecule has 0 aliphatic rings. The van der Waals surface area contributed by atoms with E-state index in [0.29, 0.717) is 24.0 Å². The number of ketones is 1. The van der Waals surface area contributed by atoms with Crippen LogP contribution in [-0.2, 0) is 11.2 Å². The number of benzene rings is 2. The highest BCUT2D eigenvalue weighted by Gasteiger charge is 2.13. The van der Waals surface area contributed by atoms with Crippen LogP contribution in [0.2, 0.25) is 0 Å². The van der Waals surface area contributed by atoms with Gasteiger partial charge in [0.05, 0.1) is 12.6 Å². The molecule has 2 N–H and O–H groups in total. The van der Waals surface area contributed by atoms with E-state index in [2.05, 4.69) is 24.4 Å². The smallest absolute Gasteiger partial charge is 0.220 e. The summed E-state index contributed by atoms with van der Waals surface area (Å²) in [5.41, 5.74) is 2.28. The zero-order valence-electron chi connectivity index (χ0n) is 23.5. The minimum atomic E-state index is -0.318. The highest BCUT2D eigenvalue weighted by Crippen LogP contribution is 2.13. The molecule has 0 aliphatic carbocycles. The fraction of sp³-hybridized carbons (Fsp3) is 0.529. The second kappa shape index (κ2) is 20.3. The number of nitrogens with one attached hydrogen (secondary N) is 1. The summed E-state index contributed by atoms with van der Waals surface area (Å²) in [5.74, 6) is -0.0123. The molecule has 0 saturated heterocycles. The van der Waals surface area contributed by atoms with Crippen LogP contribution in [0.25, 0.3) is 0 Å². The average molecular weight is 520 g/mol. The first-order chi connectivity index (χ1) is 18.6. The molecule has 1 atom stereocenters. The lowest BCUT2D eigenvalue weighted by Crippen LogP contribution is -2.39. The summed E-state index contributed by atoms with van der Waals surface area (Å²) in [4.78, 5) is 24.9. The Hall–Kier alpha value is -2.72. The Morgan fingerprint density at radius 2 is 1.29 bits per heavy atom. The maximum Gasteiger partial charge on any atom is 0.220 e. The largest absolute Gasteiger partial charge is 0.394 e. The SMILES string of the molecule is CCCCCCCC/C=C/CCCCCCCC(=O)N[C@H](CO)Cc1ccc(C(=O)c2ccccc2)cc1. The minimum Gasteiger partial charge on any atom is -0.394 e. The van der Waals surface area contributed by atoms with Crippen LogP contribution in [0.3, 0.4) is 0 Å². The maximum absolute atomic E-state index is 12.6. The Labute approximate surface area is 230 Å². The number of aliphatic hydroxyl groups is 1. The molecular formula is C34H49NO3. The van der Waals surface area contributed by atoms with Crippen LogP contribution >= 0.6 is 0 Å². The van der Waals surface area contributed by atoms with Gasteiger partial charge in [-0.15, -0.1) is 0 Å². The molecule has 0 aromatic heterocycles. The standard InChI is InChI=1S/C34H49NO3/c1-2-3-4-5-6-7-8-9-10-11-12-13-14-15-19-22-33(37)35-32(28-36)27-29-23-25-31(26-24-29)34(38)30-20-17-16-18-21-30/h9-10,16-18,20-21,23-26,32,36H,2-8,11-15,19,22,27-28H2,1H3,(H,35,37)/b10-9+/t32-/m0/s1. The van der Waals surface area contributed by atoms with Crippen molar-refractivity contribution in [3.63, 3.8) is 0 Å². The topological polar surface area (TPSA) is 66.4 Å². The monoisotopic (exact) mass is 519 g/mol. The Morgan fingerprint density at radius 1 is 0.737 bits per heavy atom. The van der Waals surface area contributed by atoms with E-state index in [0.717, 1.165) is 31.2 Å². The van der Waals surface area contributed by atoms with Crippen molar-refractivity contribution in [2.75, 3.05) is 6.61 Å². The lowest BCUT2D eigenvalue weighted by atomic mass is 9.99. The van der Waals surface area contributed by atoms with E-state index in [4.69, 9.17) is 0 Å². The summed E-state index contributed by atoms with van der Waals surface area (Å²) in [6.45, 7) is 2.15. The molecule has 0 unspecified atom stereocenters. The zero-order valence-corrected chi connectivity index (χ0v) is 23.5. The lowest BCUT2D eigenvalue weighted by Gasteiger charge is -2.16. The predicted molar refractivity (Wildman–Crippen MR) is 158 cm³/mol. The number of hydrogen-bond acceptors (Lipinski definition) is 3. The van der Waals surface area contributed by atoms with Crippen LogP contribution in [0.15, 0.2) is 66.7 Å². The fourth-order valence-corrected chi connectivity index (χ4v) is 4.65. The molecule has 0 bridgehead atoms. The van der Waals surface area contributed by atoms with Crippen LogP contribution < -0.4 is 5.32 Å². The first kappa shape index (κ1) is 31.5. The van der Waals surface area contributed by atoms with Crippen molar-refractivity contribution in [2.24, 2.45) is 0 Å². The van der Waals surface area contributed by atoms with Crippen LogP contribution in [0.5, 0.6) is 0 Å². The molecule has 208 valence electrons. The number of carbonyl (C=O) groups excluding carboxylic acids is 2. The van der Waals surface area contributed by atoms with E-state index >= 15 is 0 Å². The van der Waals surface area contributed by atoms with E-state index in [1.165, 1.54) is 57.8 Å². The zero-order chi connectivity index (χ0) is 27.3. The van der Waals surface area contributed by atoms with Crippen molar-refractivity contribution < 1.29 is 14.7 Å². The molecule has 0 heterocycles. The lowest BCUT2D eigenvalue weighted by molar-refractivity contribution is -0.122. The summed E-state index contributed by atoms with van der Waals surface area (Å²) >= 11 is 0. The summed E-state index contributed by atoms with van der Waals surface area (Å²) in [7, 11) is 0. The van der Waals surface area contributed by atoms with Crippen molar-refractivity contribution in [3.05, 3.63) is 83.4 Å². The van der Waals surface area contributed by atoms with Crippen LogP contribution in [0.4, 0.5) is 0 Å². The third-order valence-electron chi connectivity index (χ3n) is 6.99. The van der Waals surface area contributed by atoms with Gasteiger partial charge in [0.2, 0.25) is 5.91 Å². The second-order valence-corrected chi connectivity index (χ2v) is 10.4. The minimum absolute atomic E-state index is 0.00227. The van der Waals surface area contributed by atoms with Gasteiger partial charge < -0.3 is 10.4 Å². The van der Waals surface area contributed by atoms with Crippen LogP contribution in [-0.4, -0.2) is 29.4 Å². The molecule has 0 fully saturated rings. The van der Waals surface area contributed by atoms with Crippen molar-refractivity contribution in [1.82, 2.24) is 5.32 Å². The summed E-state index contributed by atoms with van der Waals surface area (Å²) in [6, 6.07) is 16.3. The number of carbonyl (C=O) groups is 2. The number of rotatable bonds is 21. The molecular weight excluding hydrogens is 470 g/mol. The quantitative estimate of drug-likeness (QED) is 0.0998. The number of aliphatic hydroxyl groups excluding tert-OH is 1. The number of amides is 1. The molecule has 2 rings (SSSR count). The van der Waals surface area contributed by atoms with Gasteiger partial charge in [0.1, 0.15) is 0 Å². The fourth-order valence-electron chi connectivity index (χ4n) is 4.65. The van der Waals surface area contributed by atoms with Crippen LogP contribution in [0.1, 0.15) is 118 Å². The van der Waals surface area contributed by atoms with Crippen LogP contribution in [0, 0.1) is 0 Å². The van der Waals surface area contributed by atoms with Gasteiger partial charge >= 0.3 is 0 Å². The van der Waals surface area contributed by atoms with Gasteiger partial charge in [-0.1, -0.05) is 125 Å². The highest BCUT2D eigenvalue weighted by molar-refractivity contribution is 6.08. The van der Waals surface area contributed by atoms with Gasteiger partial charge in [0.15, 0.2) is 5.78 Å². The van der Waals surface area contributed by atoms with Crippen molar-refractivity contribution in [1.29, 1.82) is 0 Å². The molecule has 0 aliphatic heterocycles. The number of hydrogen-bond donors (Lipinski definition) is 2. The van der Waals surface area contributed by atoms with Crippen molar-refractivity contribution >= 4 is 11.7 Å².